The summed E-state index contributed by atoms with van der Waals surface area (Å²) in [5.41, 5.74) is 1.19. The molecule has 0 aromatic carbocycles. The number of guanidine groups is 1. The van der Waals surface area contributed by atoms with Gasteiger partial charge in [0.25, 0.3) is 0 Å². The molecule has 23 heavy (non-hydrogen) atoms. The lowest BCUT2D eigenvalue weighted by atomic mass is 9.79. The van der Waals surface area contributed by atoms with Crippen molar-refractivity contribution >= 4 is 11.9 Å². The number of carbonyl (C=O) groups is 1. The normalized spacial score (nSPS) is 25.0. The lowest BCUT2D eigenvalue weighted by Gasteiger charge is -2.40. The fourth-order valence-corrected chi connectivity index (χ4v) is 3.57. The van der Waals surface area contributed by atoms with E-state index in [-0.39, 0.29) is 11.3 Å². The van der Waals surface area contributed by atoms with Gasteiger partial charge >= 0.3 is 0 Å². The third-order valence-corrected chi connectivity index (χ3v) is 4.66. The molecule has 1 unspecified atom stereocenters. The molecule has 2 saturated heterocycles. The molecule has 0 aliphatic carbocycles. The van der Waals surface area contributed by atoms with Gasteiger partial charge < -0.3 is 15.5 Å². The van der Waals surface area contributed by atoms with Gasteiger partial charge in [-0.05, 0) is 19.8 Å². The minimum atomic E-state index is 0.0832. The third-order valence-electron chi connectivity index (χ3n) is 4.66. The summed E-state index contributed by atoms with van der Waals surface area (Å²) in [5.74, 6) is 1.12. The van der Waals surface area contributed by atoms with Crippen molar-refractivity contribution in [2.24, 2.45) is 17.5 Å². The maximum absolute atomic E-state index is 11.6. The number of likely N-dealkylation sites (tertiary alicyclic amines) is 1. The highest BCUT2D eigenvalue weighted by Gasteiger charge is 2.42. The zero-order valence-corrected chi connectivity index (χ0v) is 14.0. The van der Waals surface area contributed by atoms with Crippen LogP contribution in [0.4, 0.5) is 0 Å². The van der Waals surface area contributed by atoms with E-state index in [1.807, 2.05) is 19.4 Å². The first-order chi connectivity index (χ1) is 11.1. The summed E-state index contributed by atoms with van der Waals surface area (Å²) in [5, 5.41) is 10.6. The number of carbonyl (C=O) groups excluding carboxylic acids is 1. The molecule has 2 aliphatic rings. The Hall–Kier alpha value is -2.05. The van der Waals surface area contributed by atoms with Crippen molar-refractivity contribution < 1.29 is 4.79 Å². The fourth-order valence-electron chi connectivity index (χ4n) is 3.57. The molecular formula is C16H26N6O. The monoisotopic (exact) mass is 318 g/mol. The summed E-state index contributed by atoms with van der Waals surface area (Å²) in [6.07, 6.45) is 6.71. The van der Waals surface area contributed by atoms with Gasteiger partial charge in [-0.2, -0.15) is 5.10 Å². The van der Waals surface area contributed by atoms with Crippen molar-refractivity contribution in [3.05, 3.63) is 18.0 Å². The van der Waals surface area contributed by atoms with Gasteiger partial charge in [-0.3, -0.25) is 9.48 Å². The van der Waals surface area contributed by atoms with Crippen LogP contribution in [0.15, 0.2) is 17.4 Å². The second kappa shape index (κ2) is 6.60. The predicted octanol–water partition coefficient (Wildman–Crippen LogP) is 0.488. The lowest BCUT2D eigenvalue weighted by Crippen LogP contribution is -2.51. The van der Waals surface area contributed by atoms with Crippen molar-refractivity contribution in [3.63, 3.8) is 0 Å². The molecule has 2 N–H and O–H groups in total. The van der Waals surface area contributed by atoms with Gasteiger partial charge in [-0.15, -0.1) is 0 Å². The predicted molar refractivity (Wildman–Crippen MR) is 88.9 cm³/mol. The standard InChI is InChI=1S/C16H26N6O/c1-3-17-15(18-8-13-9-20-21(2)10-13)22-6-4-5-16(12-22)7-14(23)19-11-16/h9-10H,3-8,11-12H2,1-2H3,(H,17,18)(H,19,23). The molecule has 7 nitrogen and oxygen atoms in total. The highest BCUT2D eigenvalue weighted by atomic mass is 16.1. The lowest BCUT2D eigenvalue weighted by molar-refractivity contribution is -0.119. The first kappa shape index (κ1) is 15.8. The molecule has 2 aliphatic heterocycles. The first-order valence-electron chi connectivity index (χ1n) is 8.38. The van der Waals surface area contributed by atoms with Gasteiger partial charge in [-0.25, -0.2) is 4.99 Å². The quantitative estimate of drug-likeness (QED) is 0.628. The molecule has 1 atom stereocenters. The van der Waals surface area contributed by atoms with E-state index in [9.17, 15) is 4.79 Å². The molecule has 1 aromatic heterocycles. The van der Waals surface area contributed by atoms with E-state index in [1.165, 1.54) is 0 Å². The SMILES string of the molecule is CCNC(=NCc1cnn(C)c1)N1CCCC2(CNC(=O)C2)C1. The van der Waals surface area contributed by atoms with Gasteiger partial charge in [0.15, 0.2) is 5.96 Å². The van der Waals surface area contributed by atoms with Crippen molar-refractivity contribution in [2.75, 3.05) is 26.2 Å². The Morgan fingerprint density at radius 2 is 2.43 bits per heavy atom. The molecule has 3 rings (SSSR count). The van der Waals surface area contributed by atoms with Crippen LogP contribution in [-0.4, -0.2) is 52.7 Å². The Bertz CT molecular complexity index is 595. The number of nitrogens with zero attached hydrogens (tertiary/aromatic N) is 4. The van der Waals surface area contributed by atoms with Crippen LogP contribution in [-0.2, 0) is 18.4 Å². The summed E-state index contributed by atoms with van der Waals surface area (Å²) in [6, 6.07) is 0. The summed E-state index contributed by atoms with van der Waals surface area (Å²) < 4.78 is 1.80. The fraction of sp³-hybridized carbons (Fsp3) is 0.688. The van der Waals surface area contributed by atoms with E-state index in [4.69, 9.17) is 4.99 Å². The molecule has 3 heterocycles. The first-order valence-corrected chi connectivity index (χ1v) is 8.38. The summed E-state index contributed by atoms with van der Waals surface area (Å²) in [6.45, 7) is 6.23. The zero-order chi connectivity index (χ0) is 16.3. The summed E-state index contributed by atoms with van der Waals surface area (Å²) in [4.78, 5) is 18.7. The number of nitrogens with one attached hydrogen (secondary N) is 2. The van der Waals surface area contributed by atoms with E-state index in [1.54, 1.807) is 4.68 Å². The van der Waals surface area contributed by atoms with Crippen LogP contribution < -0.4 is 10.6 Å². The number of aliphatic imine (C=N–C) groups is 1. The Kier molecular flexibility index (Phi) is 4.54. The maximum Gasteiger partial charge on any atom is 0.220 e. The maximum atomic E-state index is 11.6. The molecule has 0 radical (unpaired) electrons. The van der Waals surface area contributed by atoms with E-state index in [0.717, 1.165) is 50.5 Å². The molecule has 1 aromatic rings. The van der Waals surface area contributed by atoms with Crippen LogP contribution in [0, 0.1) is 5.41 Å². The highest BCUT2D eigenvalue weighted by Crippen LogP contribution is 2.36. The molecule has 126 valence electrons. The van der Waals surface area contributed by atoms with Crippen LogP contribution in [0.5, 0.6) is 0 Å². The van der Waals surface area contributed by atoms with Gasteiger partial charge in [-0.1, -0.05) is 0 Å². The Morgan fingerprint density at radius 3 is 3.09 bits per heavy atom. The van der Waals surface area contributed by atoms with Crippen molar-refractivity contribution in [3.8, 4) is 0 Å². The van der Waals surface area contributed by atoms with E-state index in [2.05, 4.69) is 27.6 Å². The Balaban J connectivity index is 1.70. The minimum Gasteiger partial charge on any atom is -0.357 e. The number of aryl methyl sites for hydroxylation is 1. The molecule has 0 bridgehead atoms. The van der Waals surface area contributed by atoms with Crippen LogP contribution in [0.3, 0.4) is 0 Å². The van der Waals surface area contributed by atoms with Gasteiger partial charge in [0.2, 0.25) is 5.91 Å². The second-order valence-electron chi connectivity index (χ2n) is 6.67. The summed E-state index contributed by atoms with van der Waals surface area (Å²) in [7, 11) is 1.91. The third kappa shape index (κ3) is 3.65. The Morgan fingerprint density at radius 1 is 1.57 bits per heavy atom. The Labute approximate surface area is 137 Å². The number of piperidine rings is 1. The highest BCUT2D eigenvalue weighted by molar-refractivity contribution is 5.81. The molecule has 1 amide bonds. The van der Waals surface area contributed by atoms with Crippen molar-refractivity contribution in [1.82, 2.24) is 25.3 Å². The second-order valence-corrected chi connectivity index (χ2v) is 6.67. The minimum absolute atomic E-state index is 0.0832. The topological polar surface area (TPSA) is 74.6 Å². The molecule has 7 heteroatoms. The number of amides is 1. The molecule has 1 spiro atoms. The van der Waals surface area contributed by atoms with E-state index < -0.39 is 0 Å². The van der Waals surface area contributed by atoms with Gasteiger partial charge in [0, 0.05) is 56.8 Å². The molecule has 2 fully saturated rings. The largest absolute Gasteiger partial charge is 0.357 e. The number of hydrogen-bond donors (Lipinski definition) is 2. The smallest absolute Gasteiger partial charge is 0.220 e. The average molecular weight is 318 g/mol. The zero-order valence-electron chi connectivity index (χ0n) is 14.0. The van der Waals surface area contributed by atoms with Crippen LogP contribution in [0.1, 0.15) is 31.7 Å². The number of rotatable bonds is 3. The average Bonchev–Trinajstić information content (AvgIpc) is 3.10. The number of aromatic nitrogens is 2. The van der Waals surface area contributed by atoms with Gasteiger partial charge in [0.05, 0.1) is 12.7 Å². The molecular weight excluding hydrogens is 292 g/mol. The van der Waals surface area contributed by atoms with E-state index in [0.29, 0.717) is 13.0 Å². The van der Waals surface area contributed by atoms with Crippen LogP contribution in [0.2, 0.25) is 0 Å². The van der Waals surface area contributed by atoms with Crippen LogP contribution in [0.25, 0.3) is 0 Å². The number of hydrogen-bond acceptors (Lipinski definition) is 3. The summed E-state index contributed by atoms with van der Waals surface area (Å²) >= 11 is 0. The van der Waals surface area contributed by atoms with E-state index >= 15 is 0 Å². The van der Waals surface area contributed by atoms with Crippen molar-refractivity contribution in [2.45, 2.75) is 32.7 Å². The van der Waals surface area contributed by atoms with Crippen LogP contribution >= 0.6 is 0 Å². The van der Waals surface area contributed by atoms with Gasteiger partial charge in [0.1, 0.15) is 0 Å². The molecule has 0 saturated carbocycles. The van der Waals surface area contributed by atoms with Crippen molar-refractivity contribution in [1.29, 1.82) is 0 Å².